The van der Waals surface area contributed by atoms with E-state index >= 15 is 0 Å². The van der Waals surface area contributed by atoms with Crippen molar-refractivity contribution >= 4 is 34.8 Å². The molecule has 0 bridgehead atoms. The summed E-state index contributed by atoms with van der Waals surface area (Å²) in [7, 11) is 0. The first-order valence-electron chi connectivity index (χ1n) is 6.10. The molecule has 1 N–H and O–H groups in total. The van der Waals surface area contributed by atoms with Gasteiger partial charge in [0, 0.05) is 18.7 Å². The number of carbonyl (C=O) groups is 1. The molecule has 0 atom stereocenters. The van der Waals surface area contributed by atoms with Gasteiger partial charge in [0.05, 0.1) is 22.8 Å². The van der Waals surface area contributed by atoms with Crippen molar-refractivity contribution in [2.75, 3.05) is 11.9 Å². The fourth-order valence-electron chi connectivity index (χ4n) is 2.00. The fraction of sp³-hybridized carbons (Fsp3) is 0.231. The molecule has 1 amide bonds. The van der Waals surface area contributed by atoms with Gasteiger partial charge in [0.15, 0.2) is 0 Å². The van der Waals surface area contributed by atoms with E-state index in [-0.39, 0.29) is 5.91 Å². The van der Waals surface area contributed by atoms with E-state index in [0.29, 0.717) is 33.8 Å². The minimum Gasteiger partial charge on any atom is -0.477 e. The van der Waals surface area contributed by atoms with E-state index in [1.54, 1.807) is 22.9 Å². The summed E-state index contributed by atoms with van der Waals surface area (Å²) in [6.07, 6.45) is 2.40. The number of anilines is 1. The van der Waals surface area contributed by atoms with E-state index in [4.69, 9.17) is 27.9 Å². The molecule has 3 rings (SSSR count). The number of aryl methyl sites for hydroxylation is 1. The fourth-order valence-corrected chi connectivity index (χ4v) is 2.29. The average Bonchev–Trinajstić information content (AvgIpc) is 2.87. The Hall–Kier alpha value is -1.72. The van der Waals surface area contributed by atoms with Gasteiger partial charge in [0.25, 0.3) is 5.91 Å². The van der Waals surface area contributed by atoms with E-state index in [2.05, 4.69) is 10.4 Å². The van der Waals surface area contributed by atoms with Crippen LogP contribution in [-0.2, 0) is 6.54 Å². The first-order chi connectivity index (χ1) is 9.65. The zero-order valence-corrected chi connectivity index (χ0v) is 11.9. The molecule has 0 saturated heterocycles. The topological polar surface area (TPSA) is 56.2 Å². The van der Waals surface area contributed by atoms with E-state index < -0.39 is 0 Å². The normalized spacial score (nSPS) is 13.5. The highest BCUT2D eigenvalue weighted by molar-refractivity contribution is 6.42. The number of hydrogen-bond donors (Lipinski definition) is 1. The molecule has 2 heterocycles. The summed E-state index contributed by atoms with van der Waals surface area (Å²) in [5.41, 5.74) is 0.982. The Morgan fingerprint density at radius 3 is 3.00 bits per heavy atom. The number of nitrogens with one attached hydrogen (secondary N) is 1. The van der Waals surface area contributed by atoms with E-state index in [0.717, 1.165) is 13.0 Å². The second kappa shape index (κ2) is 5.34. The lowest BCUT2D eigenvalue weighted by Crippen LogP contribution is -2.18. The van der Waals surface area contributed by atoms with Crippen molar-refractivity contribution in [1.29, 1.82) is 0 Å². The van der Waals surface area contributed by atoms with Crippen LogP contribution < -0.4 is 10.1 Å². The lowest BCUT2D eigenvalue weighted by atomic mass is 10.2. The van der Waals surface area contributed by atoms with Crippen molar-refractivity contribution in [3.8, 4) is 5.88 Å². The summed E-state index contributed by atoms with van der Waals surface area (Å²) in [5, 5.41) is 7.71. The van der Waals surface area contributed by atoms with Crippen LogP contribution in [0.2, 0.25) is 10.0 Å². The zero-order valence-electron chi connectivity index (χ0n) is 10.4. The summed E-state index contributed by atoms with van der Waals surface area (Å²) in [6.45, 7) is 1.36. The van der Waals surface area contributed by atoms with Gasteiger partial charge < -0.3 is 10.1 Å². The maximum Gasteiger partial charge on any atom is 0.262 e. The number of nitrogens with zero attached hydrogens (tertiary/aromatic N) is 2. The van der Waals surface area contributed by atoms with Crippen LogP contribution >= 0.6 is 23.2 Å². The maximum atomic E-state index is 12.2. The summed E-state index contributed by atoms with van der Waals surface area (Å²) in [5.74, 6) is 0.223. The first-order valence-corrected chi connectivity index (χ1v) is 6.86. The van der Waals surface area contributed by atoms with Gasteiger partial charge in [-0.05, 0) is 18.2 Å². The highest BCUT2D eigenvalue weighted by Crippen LogP contribution is 2.27. The summed E-state index contributed by atoms with van der Waals surface area (Å²) in [4.78, 5) is 12.2. The van der Waals surface area contributed by atoms with Gasteiger partial charge in [-0.15, -0.1) is 0 Å². The van der Waals surface area contributed by atoms with Crippen LogP contribution in [0.5, 0.6) is 5.88 Å². The van der Waals surface area contributed by atoms with Crippen molar-refractivity contribution in [1.82, 2.24) is 9.78 Å². The highest BCUT2D eigenvalue weighted by Gasteiger charge is 2.21. The average molecular weight is 312 g/mol. The monoisotopic (exact) mass is 311 g/mol. The van der Waals surface area contributed by atoms with Crippen LogP contribution in [0.4, 0.5) is 5.69 Å². The molecular weight excluding hydrogens is 301 g/mol. The minimum atomic E-state index is -0.286. The van der Waals surface area contributed by atoms with Crippen molar-refractivity contribution < 1.29 is 9.53 Å². The molecule has 1 aliphatic rings. The van der Waals surface area contributed by atoms with Gasteiger partial charge in [-0.25, -0.2) is 4.68 Å². The third kappa shape index (κ3) is 2.46. The molecule has 1 aliphatic heterocycles. The molecular formula is C13H11Cl2N3O2. The SMILES string of the molecule is O=C(Nc1ccc(Cl)c(Cl)c1)c1cnn2c1OCCC2. The minimum absolute atomic E-state index is 0.286. The molecule has 1 aromatic heterocycles. The Bertz CT molecular complexity index is 670. The van der Waals surface area contributed by atoms with Gasteiger partial charge in [0.2, 0.25) is 5.88 Å². The third-order valence-electron chi connectivity index (χ3n) is 2.97. The zero-order chi connectivity index (χ0) is 14.1. The number of aromatic nitrogens is 2. The predicted octanol–water partition coefficient (Wildman–Crippen LogP) is 3.22. The van der Waals surface area contributed by atoms with Crippen LogP contribution in [0.1, 0.15) is 16.8 Å². The second-order valence-corrected chi connectivity index (χ2v) is 5.19. The molecule has 1 aromatic carbocycles. The Morgan fingerprint density at radius 1 is 1.35 bits per heavy atom. The predicted molar refractivity (Wildman–Crippen MR) is 76.8 cm³/mol. The number of halogens is 2. The van der Waals surface area contributed by atoms with E-state index in [1.807, 2.05) is 0 Å². The molecule has 0 saturated carbocycles. The van der Waals surface area contributed by atoms with Crippen LogP contribution in [0.25, 0.3) is 0 Å². The van der Waals surface area contributed by atoms with Crippen LogP contribution in [0.3, 0.4) is 0 Å². The van der Waals surface area contributed by atoms with Crippen molar-refractivity contribution in [3.63, 3.8) is 0 Å². The van der Waals surface area contributed by atoms with Crippen molar-refractivity contribution in [2.45, 2.75) is 13.0 Å². The number of rotatable bonds is 2. The van der Waals surface area contributed by atoms with E-state index in [9.17, 15) is 4.79 Å². The highest BCUT2D eigenvalue weighted by atomic mass is 35.5. The molecule has 0 fully saturated rings. The molecule has 0 radical (unpaired) electrons. The molecule has 0 spiro atoms. The summed E-state index contributed by atoms with van der Waals surface area (Å²) >= 11 is 11.7. The van der Waals surface area contributed by atoms with Crippen molar-refractivity contribution in [3.05, 3.63) is 40.0 Å². The number of benzene rings is 1. The lowest BCUT2D eigenvalue weighted by molar-refractivity contribution is 0.102. The standard InChI is InChI=1S/C13H11Cl2N3O2/c14-10-3-2-8(6-11(10)15)17-12(19)9-7-16-18-4-1-5-20-13(9)18/h2-3,6-7H,1,4-5H2,(H,17,19). The quantitative estimate of drug-likeness (QED) is 0.926. The maximum absolute atomic E-state index is 12.2. The number of ether oxygens (including phenoxy) is 1. The number of amides is 1. The van der Waals surface area contributed by atoms with Gasteiger partial charge >= 0.3 is 0 Å². The second-order valence-electron chi connectivity index (χ2n) is 4.37. The van der Waals surface area contributed by atoms with Gasteiger partial charge in [-0.2, -0.15) is 5.10 Å². The molecule has 5 nitrogen and oxygen atoms in total. The van der Waals surface area contributed by atoms with Crippen LogP contribution in [0.15, 0.2) is 24.4 Å². The Morgan fingerprint density at radius 2 is 2.20 bits per heavy atom. The molecule has 20 heavy (non-hydrogen) atoms. The molecule has 7 heteroatoms. The summed E-state index contributed by atoms with van der Waals surface area (Å²) in [6, 6.07) is 4.91. The Balaban J connectivity index is 1.82. The summed E-state index contributed by atoms with van der Waals surface area (Å²) < 4.78 is 7.18. The number of hydrogen-bond acceptors (Lipinski definition) is 3. The first kappa shape index (κ1) is 13.3. The van der Waals surface area contributed by atoms with Gasteiger partial charge in [-0.1, -0.05) is 23.2 Å². The van der Waals surface area contributed by atoms with Gasteiger partial charge in [-0.3, -0.25) is 4.79 Å². The largest absolute Gasteiger partial charge is 0.477 e. The van der Waals surface area contributed by atoms with Crippen LogP contribution in [0, 0.1) is 0 Å². The smallest absolute Gasteiger partial charge is 0.262 e. The Kier molecular flexibility index (Phi) is 3.54. The lowest BCUT2D eigenvalue weighted by Gasteiger charge is -2.15. The van der Waals surface area contributed by atoms with Crippen molar-refractivity contribution in [2.24, 2.45) is 0 Å². The number of fused-ring (bicyclic) bond motifs is 1. The van der Waals surface area contributed by atoms with E-state index in [1.165, 1.54) is 6.20 Å². The molecule has 104 valence electrons. The third-order valence-corrected chi connectivity index (χ3v) is 3.71. The molecule has 0 aliphatic carbocycles. The molecule has 0 unspecified atom stereocenters. The Labute approximate surface area is 125 Å². The van der Waals surface area contributed by atoms with Gasteiger partial charge in [0.1, 0.15) is 5.56 Å². The molecule has 2 aromatic rings. The number of carbonyl (C=O) groups excluding carboxylic acids is 1. The van der Waals surface area contributed by atoms with Crippen LogP contribution in [-0.4, -0.2) is 22.3 Å².